The van der Waals surface area contributed by atoms with Crippen molar-refractivity contribution in [2.45, 2.75) is 5.92 Å². The third kappa shape index (κ3) is 3.17. The normalized spacial score (nSPS) is 16.2. The summed E-state index contributed by atoms with van der Waals surface area (Å²) in [5.74, 6) is -2.18. The molecule has 3 rings (SSSR count). The zero-order chi connectivity index (χ0) is 20.3. The Morgan fingerprint density at radius 3 is 2.46 bits per heavy atom. The zero-order valence-corrected chi connectivity index (χ0v) is 14.8. The summed E-state index contributed by atoms with van der Waals surface area (Å²) in [6.07, 6.45) is 0. The first kappa shape index (κ1) is 18.7. The number of carbonyl (C=O) groups is 1. The van der Waals surface area contributed by atoms with Gasteiger partial charge in [0.25, 0.3) is 0 Å². The number of nitro groups is 1. The largest absolute Gasteiger partial charge is 0.465 e. The second-order valence-electron chi connectivity index (χ2n) is 5.84. The van der Waals surface area contributed by atoms with Gasteiger partial charge in [0.15, 0.2) is 0 Å². The Balaban J connectivity index is 2.33. The van der Waals surface area contributed by atoms with Crippen LogP contribution in [-0.4, -0.2) is 18.0 Å². The van der Waals surface area contributed by atoms with Gasteiger partial charge in [0.2, 0.25) is 11.6 Å². The van der Waals surface area contributed by atoms with Crippen LogP contribution in [0.1, 0.15) is 27.4 Å². The van der Waals surface area contributed by atoms with Gasteiger partial charge in [0, 0.05) is 5.56 Å². The summed E-state index contributed by atoms with van der Waals surface area (Å²) in [6.45, 7) is 0. The fourth-order valence-electron chi connectivity index (χ4n) is 3.07. The highest BCUT2D eigenvalue weighted by molar-refractivity contribution is 5.95. The number of methoxy groups -OCH3 is 1. The fraction of sp³-hybridized carbons (Fsp3) is 0.100. The molecule has 1 heterocycles. The molecule has 0 fully saturated rings. The highest BCUT2D eigenvalue weighted by Gasteiger charge is 2.42. The minimum atomic E-state index is -1.05. The Labute approximate surface area is 160 Å². The Morgan fingerprint density at radius 1 is 1.21 bits per heavy atom. The maximum Gasteiger partial charge on any atom is 0.338 e. The number of ether oxygens (including phenoxy) is 2. The number of esters is 1. The Hall–Kier alpha value is -4.12. The predicted octanol–water partition coefficient (Wildman–Crippen LogP) is 2.93. The summed E-state index contributed by atoms with van der Waals surface area (Å²) in [7, 11) is 1.21. The van der Waals surface area contributed by atoms with Gasteiger partial charge in [-0.05, 0) is 11.6 Å². The first-order valence-electron chi connectivity index (χ1n) is 8.18. The lowest BCUT2D eigenvalue weighted by atomic mass is 9.85. The molecule has 1 atom stereocenters. The predicted molar refractivity (Wildman–Crippen MR) is 98.8 cm³/mol. The van der Waals surface area contributed by atoms with Crippen LogP contribution in [-0.2, 0) is 9.47 Å². The van der Waals surface area contributed by atoms with Crippen LogP contribution >= 0.6 is 0 Å². The van der Waals surface area contributed by atoms with Crippen molar-refractivity contribution < 1.29 is 19.2 Å². The molecule has 0 radical (unpaired) electrons. The smallest absolute Gasteiger partial charge is 0.338 e. The van der Waals surface area contributed by atoms with E-state index in [0.29, 0.717) is 5.56 Å². The zero-order valence-electron chi connectivity index (χ0n) is 14.8. The number of carbonyl (C=O) groups excluding carboxylic acids is 1. The quantitative estimate of drug-likeness (QED) is 0.493. The van der Waals surface area contributed by atoms with Gasteiger partial charge in [0.1, 0.15) is 17.6 Å². The fourth-order valence-corrected chi connectivity index (χ4v) is 3.07. The summed E-state index contributed by atoms with van der Waals surface area (Å²) in [6, 6.07) is 16.6. The number of nitrogens with zero attached hydrogens (tertiary/aromatic N) is 2. The van der Waals surface area contributed by atoms with E-state index in [4.69, 9.17) is 15.2 Å². The lowest BCUT2D eigenvalue weighted by Gasteiger charge is -2.24. The molecule has 2 aromatic carbocycles. The van der Waals surface area contributed by atoms with Crippen LogP contribution in [0.25, 0.3) is 5.76 Å². The molecular weight excluding hydrogens is 362 g/mol. The van der Waals surface area contributed by atoms with E-state index in [1.54, 1.807) is 42.5 Å². The number of benzene rings is 2. The van der Waals surface area contributed by atoms with Gasteiger partial charge in [-0.1, -0.05) is 48.5 Å². The summed E-state index contributed by atoms with van der Waals surface area (Å²) >= 11 is 0. The van der Waals surface area contributed by atoms with E-state index in [1.807, 2.05) is 6.07 Å². The summed E-state index contributed by atoms with van der Waals surface area (Å²) in [5.41, 5.74) is 6.22. The minimum absolute atomic E-state index is 0.0720. The number of rotatable bonds is 4. The van der Waals surface area contributed by atoms with E-state index < -0.39 is 16.8 Å². The SMILES string of the molecule is COC(=O)c1ccccc1C1=C([N+](=O)[O-])C(c2ccccc2)C(C#N)=C(N)O1. The van der Waals surface area contributed by atoms with E-state index in [0.717, 1.165) is 0 Å². The molecule has 0 aliphatic carbocycles. The molecular formula is C20H15N3O5. The lowest BCUT2D eigenvalue weighted by Crippen LogP contribution is -2.25. The van der Waals surface area contributed by atoms with E-state index in [-0.39, 0.29) is 34.0 Å². The van der Waals surface area contributed by atoms with Crippen LogP contribution in [0.2, 0.25) is 0 Å². The summed E-state index contributed by atoms with van der Waals surface area (Å²) in [4.78, 5) is 23.5. The van der Waals surface area contributed by atoms with E-state index in [9.17, 15) is 20.2 Å². The average molecular weight is 377 g/mol. The Kier molecular flexibility index (Phi) is 5.09. The molecule has 0 spiro atoms. The Morgan fingerprint density at radius 2 is 1.86 bits per heavy atom. The molecule has 1 aliphatic rings. The van der Waals surface area contributed by atoms with Gasteiger partial charge >= 0.3 is 11.7 Å². The highest BCUT2D eigenvalue weighted by atomic mass is 16.6. The Bertz CT molecular complexity index is 1050. The van der Waals surface area contributed by atoms with Crippen LogP contribution in [0.5, 0.6) is 0 Å². The van der Waals surface area contributed by atoms with Crippen molar-refractivity contribution in [2.75, 3.05) is 7.11 Å². The van der Waals surface area contributed by atoms with Crippen LogP contribution in [0, 0.1) is 21.4 Å². The highest BCUT2D eigenvalue weighted by Crippen LogP contribution is 2.42. The standard InChI is InChI=1S/C20H15N3O5/c1-27-20(24)14-10-6-5-9-13(14)18-17(23(25)26)16(12-7-3-2-4-8-12)15(11-21)19(22)28-18/h2-10,16H,22H2,1H3. The van der Waals surface area contributed by atoms with Gasteiger partial charge in [-0.25, -0.2) is 4.79 Å². The molecule has 8 nitrogen and oxygen atoms in total. The van der Waals surface area contributed by atoms with Gasteiger partial charge in [-0.15, -0.1) is 0 Å². The van der Waals surface area contributed by atoms with Crippen molar-refractivity contribution in [3.63, 3.8) is 0 Å². The molecule has 0 saturated carbocycles. The first-order chi connectivity index (χ1) is 13.5. The molecule has 140 valence electrons. The van der Waals surface area contributed by atoms with E-state index in [2.05, 4.69) is 0 Å². The van der Waals surface area contributed by atoms with E-state index in [1.165, 1.54) is 19.2 Å². The molecule has 2 aromatic rings. The number of hydrogen-bond donors (Lipinski definition) is 1. The van der Waals surface area contributed by atoms with Gasteiger partial charge in [-0.3, -0.25) is 10.1 Å². The maximum atomic E-state index is 12.1. The lowest BCUT2D eigenvalue weighted by molar-refractivity contribution is -0.429. The van der Waals surface area contributed by atoms with Gasteiger partial charge in [-0.2, -0.15) is 5.26 Å². The summed E-state index contributed by atoms with van der Waals surface area (Å²) < 4.78 is 10.3. The van der Waals surface area contributed by atoms with Crippen molar-refractivity contribution in [1.29, 1.82) is 5.26 Å². The van der Waals surface area contributed by atoms with Crippen LogP contribution in [0.15, 0.2) is 71.8 Å². The average Bonchev–Trinajstić information content (AvgIpc) is 2.72. The molecule has 0 amide bonds. The van der Waals surface area contributed by atoms with Crippen molar-refractivity contribution in [1.82, 2.24) is 0 Å². The second kappa shape index (κ2) is 7.63. The van der Waals surface area contributed by atoms with Crippen molar-refractivity contribution in [3.05, 3.63) is 98.6 Å². The monoisotopic (exact) mass is 377 g/mol. The van der Waals surface area contributed by atoms with Crippen LogP contribution in [0.3, 0.4) is 0 Å². The van der Waals surface area contributed by atoms with Gasteiger partial charge < -0.3 is 15.2 Å². The maximum absolute atomic E-state index is 12.1. The number of nitrogens with two attached hydrogens (primary N) is 1. The molecule has 0 bridgehead atoms. The minimum Gasteiger partial charge on any atom is -0.465 e. The van der Waals surface area contributed by atoms with Crippen molar-refractivity contribution in [2.24, 2.45) is 5.73 Å². The van der Waals surface area contributed by atoms with Crippen LogP contribution < -0.4 is 5.73 Å². The molecule has 28 heavy (non-hydrogen) atoms. The van der Waals surface area contributed by atoms with E-state index >= 15 is 0 Å². The first-order valence-corrected chi connectivity index (χ1v) is 8.18. The number of allylic oxidation sites excluding steroid dienone is 1. The molecule has 1 aliphatic heterocycles. The van der Waals surface area contributed by atoms with Gasteiger partial charge in [0.05, 0.1) is 17.6 Å². The third-order valence-electron chi connectivity index (χ3n) is 4.30. The molecule has 0 aromatic heterocycles. The topological polar surface area (TPSA) is 128 Å². The molecule has 8 heteroatoms. The number of nitriles is 1. The van der Waals surface area contributed by atoms with Crippen molar-refractivity contribution >= 4 is 11.7 Å². The summed E-state index contributed by atoms with van der Waals surface area (Å²) in [5, 5.41) is 21.6. The number of hydrogen-bond acceptors (Lipinski definition) is 7. The van der Waals surface area contributed by atoms with Crippen LogP contribution in [0.4, 0.5) is 0 Å². The molecule has 0 saturated heterocycles. The second-order valence-corrected chi connectivity index (χ2v) is 5.84. The van der Waals surface area contributed by atoms with Crippen molar-refractivity contribution in [3.8, 4) is 6.07 Å². The third-order valence-corrected chi connectivity index (χ3v) is 4.30. The molecule has 2 N–H and O–H groups in total. The molecule has 1 unspecified atom stereocenters.